The average Bonchev–Trinajstić information content (AvgIpc) is 2.42. The molecule has 0 saturated carbocycles. The maximum absolute atomic E-state index is 12.0. The third kappa shape index (κ3) is 4.79. The van der Waals surface area contributed by atoms with Gasteiger partial charge in [-0.25, -0.2) is 0 Å². The van der Waals surface area contributed by atoms with Crippen molar-refractivity contribution in [3.63, 3.8) is 0 Å². The molecule has 0 fully saturated rings. The lowest BCUT2D eigenvalue weighted by atomic mass is 10.2. The fraction of sp³-hybridized carbons (Fsp3) is 0.188. The molecular weight excluding hydrogens is 332 g/mol. The van der Waals surface area contributed by atoms with Gasteiger partial charge < -0.3 is 15.8 Å². The summed E-state index contributed by atoms with van der Waals surface area (Å²) in [5.74, 6) is 0.631. The third-order valence-corrected chi connectivity index (χ3v) is 3.29. The Kier molecular flexibility index (Phi) is 5.22. The molecular formula is C16H17BrN2O2. The molecule has 0 aliphatic carbocycles. The van der Waals surface area contributed by atoms with Crippen LogP contribution in [0.15, 0.2) is 46.9 Å². The molecule has 2 rings (SSSR count). The molecule has 0 heterocycles. The molecule has 0 aliphatic rings. The number of anilines is 1. The first-order chi connectivity index (χ1) is 10.0. The van der Waals surface area contributed by atoms with Crippen LogP contribution in [0.2, 0.25) is 0 Å². The molecule has 0 aliphatic heterocycles. The van der Waals surface area contributed by atoms with Crippen LogP contribution in [-0.4, -0.2) is 19.1 Å². The van der Waals surface area contributed by atoms with Crippen molar-refractivity contribution in [1.29, 1.82) is 0 Å². The Morgan fingerprint density at radius 1 is 1.29 bits per heavy atom. The smallest absolute Gasteiger partial charge is 0.251 e. The highest BCUT2D eigenvalue weighted by Crippen LogP contribution is 2.17. The van der Waals surface area contributed by atoms with Crippen molar-refractivity contribution < 1.29 is 9.53 Å². The molecule has 2 aromatic carbocycles. The normalized spacial score (nSPS) is 10.2. The van der Waals surface area contributed by atoms with Crippen molar-refractivity contribution in [1.82, 2.24) is 5.32 Å². The first-order valence-electron chi connectivity index (χ1n) is 6.58. The van der Waals surface area contributed by atoms with E-state index in [1.165, 1.54) is 0 Å². The van der Waals surface area contributed by atoms with Crippen LogP contribution in [0.4, 0.5) is 5.69 Å². The summed E-state index contributed by atoms with van der Waals surface area (Å²) in [6, 6.07) is 12.9. The van der Waals surface area contributed by atoms with E-state index in [0.717, 1.165) is 15.8 Å². The molecule has 21 heavy (non-hydrogen) atoms. The van der Waals surface area contributed by atoms with Crippen molar-refractivity contribution in [3.8, 4) is 5.75 Å². The number of hydrogen-bond acceptors (Lipinski definition) is 3. The van der Waals surface area contributed by atoms with Gasteiger partial charge in [-0.1, -0.05) is 28.1 Å². The van der Waals surface area contributed by atoms with E-state index in [4.69, 9.17) is 10.5 Å². The molecule has 0 aromatic heterocycles. The Morgan fingerprint density at radius 2 is 2.10 bits per heavy atom. The predicted octanol–water partition coefficient (Wildman–Crippen LogP) is 3.15. The predicted molar refractivity (Wildman–Crippen MR) is 87.6 cm³/mol. The number of nitrogens with two attached hydrogens (primary N) is 1. The number of benzene rings is 2. The zero-order valence-electron chi connectivity index (χ0n) is 11.7. The lowest BCUT2D eigenvalue weighted by molar-refractivity contribution is 0.0947. The van der Waals surface area contributed by atoms with E-state index in [0.29, 0.717) is 24.4 Å². The number of ether oxygens (including phenoxy) is 1. The molecule has 0 radical (unpaired) electrons. The van der Waals surface area contributed by atoms with Gasteiger partial charge in [0.1, 0.15) is 12.4 Å². The Hall–Kier alpha value is -2.01. The van der Waals surface area contributed by atoms with Gasteiger partial charge in [-0.15, -0.1) is 0 Å². The molecule has 2 aromatic rings. The lowest BCUT2D eigenvalue weighted by Crippen LogP contribution is -2.28. The van der Waals surface area contributed by atoms with Gasteiger partial charge in [0.25, 0.3) is 5.91 Å². The summed E-state index contributed by atoms with van der Waals surface area (Å²) in [6.07, 6.45) is 0. The Bertz CT molecular complexity index is 624. The van der Waals surface area contributed by atoms with Crippen LogP contribution in [0, 0.1) is 6.92 Å². The molecule has 0 atom stereocenters. The highest BCUT2D eigenvalue weighted by Gasteiger charge is 2.06. The number of hydrogen-bond donors (Lipinski definition) is 2. The van der Waals surface area contributed by atoms with Gasteiger partial charge in [-0.2, -0.15) is 0 Å². The monoisotopic (exact) mass is 348 g/mol. The van der Waals surface area contributed by atoms with Crippen molar-refractivity contribution in [2.45, 2.75) is 6.92 Å². The van der Waals surface area contributed by atoms with E-state index >= 15 is 0 Å². The number of amides is 1. The van der Waals surface area contributed by atoms with Crippen LogP contribution in [-0.2, 0) is 0 Å². The fourth-order valence-electron chi connectivity index (χ4n) is 1.88. The molecule has 1 amide bonds. The maximum atomic E-state index is 12.0. The highest BCUT2D eigenvalue weighted by molar-refractivity contribution is 9.10. The molecule has 4 nitrogen and oxygen atoms in total. The van der Waals surface area contributed by atoms with E-state index in [9.17, 15) is 4.79 Å². The quantitative estimate of drug-likeness (QED) is 0.644. The second-order valence-electron chi connectivity index (χ2n) is 4.69. The van der Waals surface area contributed by atoms with Crippen molar-refractivity contribution in [2.24, 2.45) is 0 Å². The SMILES string of the molecule is Cc1cccc(OCCNC(=O)c2cc(N)cc(Br)c2)c1. The summed E-state index contributed by atoms with van der Waals surface area (Å²) >= 11 is 3.32. The Balaban J connectivity index is 1.82. The van der Waals surface area contributed by atoms with Gasteiger partial charge in [0, 0.05) is 15.7 Å². The molecule has 0 unspecified atom stereocenters. The summed E-state index contributed by atoms with van der Waals surface area (Å²) in [5.41, 5.74) is 7.92. The number of carbonyl (C=O) groups excluding carboxylic acids is 1. The minimum absolute atomic E-state index is 0.171. The second kappa shape index (κ2) is 7.13. The number of aryl methyl sites for hydroxylation is 1. The van der Waals surface area contributed by atoms with Gasteiger partial charge in [0.2, 0.25) is 0 Å². The van der Waals surface area contributed by atoms with E-state index in [1.807, 2.05) is 31.2 Å². The van der Waals surface area contributed by atoms with E-state index in [-0.39, 0.29) is 5.91 Å². The number of rotatable bonds is 5. The first kappa shape index (κ1) is 15.4. The molecule has 0 saturated heterocycles. The lowest BCUT2D eigenvalue weighted by Gasteiger charge is -2.09. The average molecular weight is 349 g/mol. The minimum atomic E-state index is -0.171. The van der Waals surface area contributed by atoms with Crippen molar-refractivity contribution in [3.05, 3.63) is 58.1 Å². The van der Waals surface area contributed by atoms with Gasteiger partial charge in [-0.05, 0) is 42.8 Å². The number of nitrogens with one attached hydrogen (secondary N) is 1. The largest absolute Gasteiger partial charge is 0.492 e. The summed E-state index contributed by atoms with van der Waals surface area (Å²) in [7, 11) is 0. The fourth-order valence-corrected chi connectivity index (χ4v) is 2.40. The van der Waals surface area contributed by atoms with Crippen LogP contribution in [0.3, 0.4) is 0 Å². The number of carbonyl (C=O) groups is 1. The van der Waals surface area contributed by atoms with Crippen LogP contribution in [0.5, 0.6) is 5.75 Å². The van der Waals surface area contributed by atoms with Gasteiger partial charge in [-0.3, -0.25) is 4.79 Å². The standard InChI is InChI=1S/C16H17BrN2O2/c1-11-3-2-4-15(7-11)21-6-5-19-16(20)12-8-13(17)10-14(18)9-12/h2-4,7-10H,5-6,18H2,1H3,(H,19,20). The molecule has 0 spiro atoms. The van der Waals surface area contributed by atoms with Crippen LogP contribution in [0.1, 0.15) is 15.9 Å². The minimum Gasteiger partial charge on any atom is -0.492 e. The summed E-state index contributed by atoms with van der Waals surface area (Å²) in [4.78, 5) is 12.0. The zero-order chi connectivity index (χ0) is 15.2. The zero-order valence-corrected chi connectivity index (χ0v) is 13.3. The van der Waals surface area contributed by atoms with Crippen LogP contribution >= 0.6 is 15.9 Å². The van der Waals surface area contributed by atoms with E-state index < -0.39 is 0 Å². The van der Waals surface area contributed by atoms with Crippen LogP contribution in [0.25, 0.3) is 0 Å². The van der Waals surface area contributed by atoms with E-state index in [1.54, 1.807) is 18.2 Å². The molecule has 3 N–H and O–H groups in total. The third-order valence-electron chi connectivity index (χ3n) is 2.83. The summed E-state index contributed by atoms with van der Waals surface area (Å²) in [5, 5.41) is 2.80. The van der Waals surface area contributed by atoms with Gasteiger partial charge in [0.05, 0.1) is 6.54 Å². The highest BCUT2D eigenvalue weighted by atomic mass is 79.9. The second-order valence-corrected chi connectivity index (χ2v) is 5.61. The molecule has 5 heteroatoms. The molecule has 110 valence electrons. The first-order valence-corrected chi connectivity index (χ1v) is 7.37. The Morgan fingerprint density at radius 3 is 2.81 bits per heavy atom. The Labute approximate surface area is 132 Å². The number of nitrogen functional groups attached to an aromatic ring is 1. The molecule has 0 bridgehead atoms. The number of halogens is 1. The topological polar surface area (TPSA) is 64.3 Å². The summed E-state index contributed by atoms with van der Waals surface area (Å²) in [6.45, 7) is 2.85. The van der Waals surface area contributed by atoms with Gasteiger partial charge in [0.15, 0.2) is 0 Å². The van der Waals surface area contributed by atoms with Crippen molar-refractivity contribution >= 4 is 27.5 Å². The van der Waals surface area contributed by atoms with Crippen LogP contribution < -0.4 is 15.8 Å². The summed E-state index contributed by atoms with van der Waals surface area (Å²) < 4.78 is 6.35. The van der Waals surface area contributed by atoms with E-state index in [2.05, 4.69) is 21.2 Å². The van der Waals surface area contributed by atoms with Gasteiger partial charge >= 0.3 is 0 Å². The maximum Gasteiger partial charge on any atom is 0.251 e. The van der Waals surface area contributed by atoms with Crippen molar-refractivity contribution in [2.75, 3.05) is 18.9 Å².